The second kappa shape index (κ2) is 4.26. The van der Waals surface area contributed by atoms with Crippen molar-refractivity contribution in [1.29, 1.82) is 0 Å². The number of aromatic hydroxyl groups is 1. The molecular weight excluding hydrogens is 252 g/mol. The first kappa shape index (κ1) is 12.9. The van der Waals surface area contributed by atoms with Gasteiger partial charge in [-0.3, -0.25) is 4.55 Å². The summed E-state index contributed by atoms with van der Waals surface area (Å²) in [5, 5.41) is 9.70. The van der Waals surface area contributed by atoms with Gasteiger partial charge < -0.3 is 5.11 Å². The van der Waals surface area contributed by atoms with Crippen LogP contribution in [-0.4, -0.2) is 18.1 Å². The van der Waals surface area contributed by atoms with E-state index in [1.54, 1.807) is 13.0 Å². The lowest BCUT2D eigenvalue weighted by atomic mass is 10.0. The Balaban J connectivity index is 2.64. The van der Waals surface area contributed by atoms with Crippen molar-refractivity contribution in [2.24, 2.45) is 0 Å². The van der Waals surface area contributed by atoms with Gasteiger partial charge in [0.15, 0.2) is 0 Å². The van der Waals surface area contributed by atoms with Crippen LogP contribution in [0.25, 0.3) is 5.57 Å². The van der Waals surface area contributed by atoms with Crippen LogP contribution in [0.5, 0.6) is 5.75 Å². The van der Waals surface area contributed by atoms with E-state index in [1.807, 2.05) is 13.0 Å². The topological polar surface area (TPSA) is 74.6 Å². The van der Waals surface area contributed by atoms with E-state index in [0.29, 0.717) is 17.5 Å². The highest BCUT2D eigenvalue weighted by atomic mass is 32.2. The fourth-order valence-corrected chi connectivity index (χ4v) is 2.77. The zero-order valence-corrected chi connectivity index (χ0v) is 11.0. The molecule has 2 rings (SSSR count). The molecule has 96 valence electrons. The summed E-state index contributed by atoms with van der Waals surface area (Å²) in [4.78, 5) is -0.160. The third-order valence-electron chi connectivity index (χ3n) is 2.96. The van der Waals surface area contributed by atoms with E-state index < -0.39 is 10.1 Å². The number of hydrogen-bond acceptors (Lipinski definition) is 3. The molecule has 2 N–H and O–H groups in total. The van der Waals surface area contributed by atoms with Gasteiger partial charge in [-0.1, -0.05) is 17.7 Å². The summed E-state index contributed by atoms with van der Waals surface area (Å²) in [6, 6.07) is 2.67. The van der Waals surface area contributed by atoms with Gasteiger partial charge in [0.25, 0.3) is 10.1 Å². The first-order valence-corrected chi connectivity index (χ1v) is 6.91. The molecule has 0 aliphatic heterocycles. The molecule has 1 aromatic carbocycles. The average Bonchev–Trinajstić information content (AvgIpc) is 2.67. The maximum absolute atomic E-state index is 11.4. The van der Waals surface area contributed by atoms with Gasteiger partial charge in [0.2, 0.25) is 0 Å². The van der Waals surface area contributed by atoms with E-state index in [2.05, 4.69) is 0 Å². The van der Waals surface area contributed by atoms with Crippen molar-refractivity contribution in [3.05, 3.63) is 41.0 Å². The summed E-state index contributed by atoms with van der Waals surface area (Å²) >= 11 is 0. The maximum atomic E-state index is 11.4. The summed E-state index contributed by atoms with van der Waals surface area (Å²) < 4.78 is 32.0. The lowest BCUT2D eigenvalue weighted by molar-refractivity contribution is 0.468. The van der Waals surface area contributed by atoms with Crippen LogP contribution in [0.2, 0.25) is 0 Å². The van der Waals surface area contributed by atoms with Gasteiger partial charge in [-0.2, -0.15) is 8.42 Å². The van der Waals surface area contributed by atoms with Gasteiger partial charge in [-0.05, 0) is 43.5 Å². The maximum Gasteiger partial charge on any atom is 0.295 e. The number of phenols is 1. The molecule has 0 radical (unpaired) electrons. The van der Waals surface area contributed by atoms with E-state index in [4.69, 9.17) is 0 Å². The molecule has 5 heteroatoms. The molecule has 0 unspecified atom stereocenters. The second-order valence-electron chi connectivity index (χ2n) is 4.49. The minimum Gasteiger partial charge on any atom is -0.508 e. The minimum atomic E-state index is -4.30. The molecule has 0 amide bonds. The van der Waals surface area contributed by atoms with E-state index in [0.717, 1.165) is 11.1 Å². The number of phenolic OH excluding ortho intramolecular Hbond substituents is 1. The van der Waals surface area contributed by atoms with Gasteiger partial charge >= 0.3 is 0 Å². The third kappa shape index (κ3) is 2.32. The predicted octanol–water partition coefficient (Wildman–Crippen LogP) is 2.68. The number of hydrogen-bond donors (Lipinski definition) is 2. The van der Waals surface area contributed by atoms with Crippen LogP contribution in [0.3, 0.4) is 0 Å². The number of aryl methyl sites for hydroxylation is 1. The van der Waals surface area contributed by atoms with E-state index in [-0.39, 0.29) is 10.6 Å². The van der Waals surface area contributed by atoms with Crippen LogP contribution in [0.15, 0.2) is 34.8 Å². The van der Waals surface area contributed by atoms with Crippen LogP contribution in [0, 0.1) is 6.92 Å². The zero-order valence-electron chi connectivity index (χ0n) is 10.1. The van der Waals surface area contributed by atoms with Crippen LogP contribution in [0.1, 0.15) is 24.5 Å². The highest BCUT2D eigenvalue weighted by Crippen LogP contribution is 2.35. The Bertz CT molecular complexity index is 666. The molecular formula is C13H14O4S. The molecule has 18 heavy (non-hydrogen) atoms. The van der Waals surface area contributed by atoms with Gasteiger partial charge in [0, 0.05) is 5.56 Å². The second-order valence-corrected chi connectivity index (χ2v) is 5.88. The molecule has 0 saturated heterocycles. The molecule has 4 nitrogen and oxygen atoms in total. The standard InChI is InChI=1S/C13H14O4S/c1-8-3-4-10(5-8)11-7-12(14)9(2)6-13(11)18(15,16)17/h3-4,6-7,14H,5H2,1-2H3,(H,15,16,17). The van der Waals surface area contributed by atoms with E-state index in [9.17, 15) is 18.1 Å². The molecule has 0 atom stereocenters. The van der Waals surface area contributed by atoms with Crippen LogP contribution >= 0.6 is 0 Å². The molecule has 1 aromatic rings. The van der Waals surface area contributed by atoms with Crippen molar-refractivity contribution >= 4 is 15.7 Å². The monoisotopic (exact) mass is 266 g/mol. The first-order valence-electron chi connectivity index (χ1n) is 5.47. The van der Waals surface area contributed by atoms with Crippen molar-refractivity contribution in [2.75, 3.05) is 0 Å². The van der Waals surface area contributed by atoms with E-state index >= 15 is 0 Å². The molecule has 0 spiro atoms. The summed E-state index contributed by atoms with van der Waals surface area (Å²) in [7, 11) is -4.30. The molecule has 0 aromatic heterocycles. The SMILES string of the molecule is CC1=CC=C(c2cc(O)c(C)cc2S(=O)(=O)O)C1. The molecule has 0 saturated carbocycles. The van der Waals surface area contributed by atoms with Gasteiger partial charge in [0.1, 0.15) is 10.6 Å². The molecule has 0 fully saturated rings. The number of rotatable bonds is 2. The van der Waals surface area contributed by atoms with Crippen molar-refractivity contribution in [2.45, 2.75) is 25.2 Å². The van der Waals surface area contributed by atoms with Crippen LogP contribution in [0.4, 0.5) is 0 Å². The van der Waals surface area contributed by atoms with Gasteiger partial charge in [-0.15, -0.1) is 0 Å². The average molecular weight is 266 g/mol. The normalized spacial score (nSPS) is 15.5. The van der Waals surface area contributed by atoms with Gasteiger partial charge in [0.05, 0.1) is 0 Å². The van der Waals surface area contributed by atoms with Crippen molar-refractivity contribution in [3.8, 4) is 5.75 Å². The van der Waals surface area contributed by atoms with Crippen LogP contribution in [-0.2, 0) is 10.1 Å². The fourth-order valence-electron chi connectivity index (χ4n) is 1.98. The lowest BCUT2D eigenvalue weighted by Gasteiger charge is -2.11. The third-order valence-corrected chi connectivity index (χ3v) is 3.85. The van der Waals surface area contributed by atoms with Crippen molar-refractivity contribution < 1.29 is 18.1 Å². The molecule has 1 aliphatic carbocycles. The molecule has 1 aliphatic rings. The van der Waals surface area contributed by atoms with Crippen LogP contribution < -0.4 is 0 Å². The Morgan fingerprint density at radius 2 is 1.83 bits per heavy atom. The Hall–Kier alpha value is -1.59. The smallest absolute Gasteiger partial charge is 0.295 e. The minimum absolute atomic E-state index is 0.0165. The predicted molar refractivity (Wildman–Crippen MR) is 69.0 cm³/mol. The first-order chi connectivity index (χ1) is 8.29. The Morgan fingerprint density at radius 1 is 1.17 bits per heavy atom. The van der Waals surface area contributed by atoms with E-state index in [1.165, 1.54) is 12.1 Å². The zero-order chi connectivity index (χ0) is 13.5. The Morgan fingerprint density at radius 3 is 2.33 bits per heavy atom. The highest BCUT2D eigenvalue weighted by molar-refractivity contribution is 7.86. The molecule has 0 heterocycles. The van der Waals surface area contributed by atoms with Crippen molar-refractivity contribution in [1.82, 2.24) is 0 Å². The lowest BCUT2D eigenvalue weighted by Crippen LogP contribution is -2.03. The number of benzene rings is 1. The molecule has 0 bridgehead atoms. The van der Waals surface area contributed by atoms with Gasteiger partial charge in [-0.25, -0.2) is 0 Å². The highest BCUT2D eigenvalue weighted by Gasteiger charge is 2.21. The summed E-state index contributed by atoms with van der Waals surface area (Å²) in [5.74, 6) is 0.0165. The summed E-state index contributed by atoms with van der Waals surface area (Å²) in [6.45, 7) is 3.52. The van der Waals surface area contributed by atoms with Crippen molar-refractivity contribution in [3.63, 3.8) is 0 Å². The Labute approximate surface area is 106 Å². The number of allylic oxidation sites excluding steroid dienone is 4. The largest absolute Gasteiger partial charge is 0.508 e. The summed E-state index contributed by atoms with van der Waals surface area (Å²) in [6.07, 6.45) is 4.30. The quantitative estimate of drug-likeness (QED) is 0.807. The summed E-state index contributed by atoms with van der Waals surface area (Å²) in [5.41, 5.74) is 2.64. The fraction of sp³-hybridized carbons (Fsp3) is 0.231. The Kier molecular flexibility index (Phi) is 3.04.